The van der Waals surface area contributed by atoms with Crippen molar-refractivity contribution in [3.63, 3.8) is 0 Å². The van der Waals surface area contributed by atoms with Crippen LogP contribution in [0.3, 0.4) is 0 Å². The number of fused-ring (bicyclic) bond motifs is 1. The Morgan fingerprint density at radius 1 is 1.27 bits per heavy atom. The molecule has 0 bridgehead atoms. The Kier molecular flexibility index (Phi) is 6.30. The van der Waals surface area contributed by atoms with Crippen molar-refractivity contribution in [1.29, 1.82) is 0 Å². The molecule has 6 nitrogen and oxygen atoms in total. The van der Waals surface area contributed by atoms with Gasteiger partial charge in [0.05, 0.1) is 30.4 Å². The summed E-state index contributed by atoms with van der Waals surface area (Å²) in [6, 6.07) is 6.23. The molecule has 1 aromatic carbocycles. The number of hydrogen-bond donors (Lipinski definition) is 0. The van der Waals surface area contributed by atoms with Crippen molar-refractivity contribution in [1.82, 2.24) is 4.90 Å². The zero-order valence-corrected chi connectivity index (χ0v) is 17.2. The summed E-state index contributed by atoms with van der Waals surface area (Å²) < 4.78 is 55.5. The molecule has 2 aliphatic rings. The van der Waals surface area contributed by atoms with Crippen molar-refractivity contribution in [2.45, 2.75) is 32.3 Å². The van der Waals surface area contributed by atoms with Gasteiger partial charge < -0.3 is 19.1 Å². The highest BCUT2D eigenvalue weighted by Crippen LogP contribution is 2.43. The van der Waals surface area contributed by atoms with E-state index in [0.717, 1.165) is 12.3 Å². The molecule has 3 unspecified atom stereocenters. The second-order valence-corrected chi connectivity index (χ2v) is 7.11. The number of allylic oxidation sites excluding steroid dienone is 2. The van der Waals surface area contributed by atoms with Crippen LogP contribution in [0, 0.1) is 5.92 Å². The Labute approximate surface area is 176 Å². The maximum absolute atomic E-state index is 13.4. The molecule has 0 fully saturated rings. The largest absolute Gasteiger partial charge is 0.510 e. The van der Waals surface area contributed by atoms with Crippen LogP contribution in [0.5, 0.6) is 5.75 Å². The highest BCUT2D eigenvalue weighted by Gasteiger charge is 2.44. The first kappa shape index (κ1) is 22.0. The van der Waals surface area contributed by atoms with E-state index in [-0.39, 0.29) is 17.5 Å². The van der Waals surface area contributed by atoms with Gasteiger partial charge in [-0.15, -0.1) is 0 Å². The average molecular weight is 445 g/mol. The van der Waals surface area contributed by atoms with Crippen molar-refractivity contribution in [2.24, 2.45) is 10.9 Å². The summed E-state index contributed by atoms with van der Waals surface area (Å²) in [4.78, 5) is 17.5. The van der Waals surface area contributed by atoms with E-state index in [4.69, 9.17) is 25.8 Å². The number of amidine groups is 1. The van der Waals surface area contributed by atoms with Crippen LogP contribution in [0.15, 0.2) is 52.1 Å². The van der Waals surface area contributed by atoms with Crippen molar-refractivity contribution in [3.8, 4) is 5.75 Å². The summed E-state index contributed by atoms with van der Waals surface area (Å²) in [7, 11) is 1.51. The minimum Gasteiger partial charge on any atom is -0.497 e. The number of carbonyl (C=O) groups excluding carboxylic acids is 1. The van der Waals surface area contributed by atoms with Crippen molar-refractivity contribution < 1.29 is 32.2 Å². The van der Waals surface area contributed by atoms with Crippen molar-refractivity contribution in [3.05, 3.63) is 52.7 Å². The van der Waals surface area contributed by atoms with E-state index in [9.17, 15) is 18.0 Å². The number of nitrogens with zero attached hydrogens (tertiary/aromatic N) is 2. The summed E-state index contributed by atoms with van der Waals surface area (Å²) in [6.45, 7) is 3.47. The molecular weight excluding hydrogens is 425 g/mol. The van der Waals surface area contributed by atoms with Gasteiger partial charge in [0.2, 0.25) is 6.23 Å². The van der Waals surface area contributed by atoms with Crippen LogP contribution in [0.1, 0.15) is 25.5 Å². The maximum atomic E-state index is 13.4. The fourth-order valence-corrected chi connectivity index (χ4v) is 3.63. The summed E-state index contributed by atoms with van der Waals surface area (Å²) in [5.41, 5.74) is -0.223. The summed E-state index contributed by atoms with van der Waals surface area (Å²) in [5.74, 6) is 0.163. The molecule has 162 valence electrons. The van der Waals surface area contributed by atoms with E-state index in [1.165, 1.54) is 12.0 Å². The van der Waals surface area contributed by atoms with Crippen molar-refractivity contribution in [2.75, 3.05) is 13.7 Å². The molecule has 0 saturated heterocycles. The van der Waals surface area contributed by atoms with Gasteiger partial charge in [-0.2, -0.15) is 13.2 Å². The van der Waals surface area contributed by atoms with Crippen LogP contribution < -0.4 is 4.74 Å². The fourth-order valence-electron chi connectivity index (χ4n) is 3.36. The van der Waals surface area contributed by atoms with E-state index in [0.29, 0.717) is 11.3 Å². The van der Waals surface area contributed by atoms with Gasteiger partial charge in [-0.25, -0.2) is 9.79 Å². The lowest BCUT2D eigenvalue weighted by Gasteiger charge is -2.43. The highest BCUT2D eigenvalue weighted by atomic mass is 35.5. The first-order valence-electron chi connectivity index (χ1n) is 9.15. The van der Waals surface area contributed by atoms with E-state index in [1.807, 2.05) is 0 Å². The monoisotopic (exact) mass is 444 g/mol. The fraction of sp³-hybridized carbons (Fsp3) is 0.400. The van der Waals surface area contributed by atoms with Gasteiger partial charge in [0, 0.05) is 12.1 Å². The smallest absolute Gasteiger partial charge is 0.497 e. The number of hydrogen-bond acceptors (Lipinski definition) is 6. The third-order valence-electron chi connectivity index (χ3n) is 4.78. The highest BCUT2D eigenvalue weighted by molar-refractivity contribution is 6.43. The lowest BCUT2D eigenvalue weighted by Crippen LogP contribution is -2.46. The Morgan fingerprint density at radius 3 is 2.50 bits per heavy atom. The summed E-state index contributed by atoms with van der Waals surface area (Å²) in [6.07, 6.45) is -4.72. The molecule has 0 aliphatic carbocycles. The molecule has 2 heterocycles. The quantitative estimate of drug-likeness (QED) is 0.600. The van der Waals surface area contributed by atoms with Gasteiger partial charge in [-0.05, 0) is 30.7 Å². The van der Waals surface area contributed by atoms with Gasteiger partial charge in [0.1, 0.15) is 5.75 Å². The Balaban J connectivity index is 2.07. The Morgan fingerprint density at radius 2 is 1.93 bits per heavy atom. The Hall–Kier alpha value is -2.68. The first-order valence-corrected chi connectivity index (χ1v) is 9.53. The molecule has 10 heteroatoms. The number of ether oxygens (including phenoxy) is 3. The van der Waals surface area contributed by atoms with E-state index >= 15 is 0 Å². The number of benzene rings is 1. The molecular formula is C20H20ClF3N2O4. The van der Waals surface area contributed by atoms with Gasteiger partial charge >= 0.3 is 12.3 Å². The average Bonchev–Trinajstić information content (AvgIpc) is 2.69. The third-order valence-corrected chi connectivity index (χ3v) is 5.06. The van der Waals surface area contributed by atoms with E-state index in [2.05, 4.69) is 4.99 Å². The van der Waals surface area contributed by atoms with Crippen LogP contribution >= 0.6 is 11.6 Å². The normalized spacial score (nSPS) is 23.6. The zero-order valence-electron chi connectivity index (χ0n) is 16.4. The van der Waals surface area contributed by atoms with E-state index < -0.39 is 36.1 Å². The van der Waals surface area contributed by atoms with Gasteiger partial charge in [-0.1, -0.05) is 30.7 Å². The molecule has 0 saturated carbocycles. The minimum absolute atomic E-state index is 0.0814. The number of halogens is 4. The number of aliphatic imine (C=N–C) groups is 1. The topological polar surface area (TPSA) is 60.4 Å². The van der Waals surface area contributed by atoms with Crippen molar-refractivity contribution >= 4 is 23.6 Å². The molecule has 1 aromatic rings. The van der Waals surface area contributed by atoms with Crippen LogP contribution in [0.2, 0.25) is 0 Å². The number of carbonyl (C=O) groups is 1. The molecule has 0 aromatic heterocycles. The molecule has 0 N–H and O–H groups in total. The molecule has 3 atom stereocenters. The lowest BCUT2D eigenvalue weighted by molar-refractivity contribution is -0.0896. The second kappa shape index (κ2) is 8.59. The molecule has 2 aliphatic heterocycles. The van der Waals surface area contributed by atoms with Crippen LogP contribution in [-0.2, 0) is 9.47 Å². The SMILES string of the molecule is CCOC(=O)OC1N=C2C(Cl)=CC(C(F)(F)F)=CN2C(c2ccc(OC)cc2)C1C. The molecule has 30 heavy (non-hydrogen) atoms. The predicted octanol–water partition coefficient (Wildman–Crippen LogP) is 5.17. The summed E-state index contributed by atoms with van der Waals surface area (Å²) >= 11 is 6.16. The number of rotatable bonds is 4. The van der Waals surface area contributed by atoms with Gasteiger partial charge in [-0.3, -0.25) is 0 Å². The first-order chi connectivity index (χ1) is 14.2. The molecule has 3 rings (SSSR count). The van der Waals surface area contributed by atoms with Crippen LogP contribution in [0.4, 0.5) is 18.0 Å². The molecule has 0 radical (unpaired) electrons. The third kappa shape index (κ3) is 4.40. The summed E-state index contributed by atoms with van der Waals surface area (Å²) in [5, 5.41) is -0.201. The van der Waals surface area contributed by atoms with Gasteiger partial charge in [0.15, 0.2) is 5.84 Å². The second-order valence-electron chi connectivity index (χ2n) is 6.70. The Bertz CT molecular complexity index is 896. The predicted molar refractivity (Wildman–Crippen MR) is 104 cm³/mol. The lowest BCUT2D eigenvalue weighted by atomic mass is 9.89. The molecule has 0 spiro atoms. The van der Waals surface area contributed by atoms with Gasteiger partial charge in [0.25, 0.3) is 0 Å². The van der Waals surface area contributed by atoms with E-state index in [1.54, 1.807) is 38.1 Å². The standard InChI is InChI=1S/C20H20ClF3N2O4/c1-4-29-19(27)30-18-11(2)16(12-5-7-14(28-3)8-6-12)26-10-13(20(22,23)24)9-15(21)17(26)25-18/h5-11,16,18H,4H2,1-3H3. The minimum atomic E-state index is -4.59. The maximum Gasteiger partial charge on any atom is 0.510 e. The number of alkyl halides is 3. The number of methoxy groups -OCH3 is 1. The van der Waals surface area contributed by atoms with Crippen LogP contribution in [-0.4, -0.2) is 43.0 Å². The zero-order chi connectivity index (χ0) is 22.1. The molecule has 0 amide bonds. The van der Waals surface area contributed by atoms with Crippen LogP contribution in [0.25, 0.3) is 0 Å².